The zero-order chi connectivity index (χ0) is 10.3. The summed E-state index contributed by atoms with van der Waals surface area (Å²) in [5, 5.41) is 0. The third-order valence-corrected chi connectivity index (χ3v) is 6.25. The van der Waals surface area contributed by atoms with E-state index in [9.17, 15) is 4.21 Å². The predicted octanol–water partition coefficient (Wildman–Crippen LogP) is 3.02. The van der Waals surface area contributed by atoms with E-state index >= 15 is 0 Å². The minimum atomic E-state index is -1.08. The van der Waals surface area contributed by atoms with Crippen molar-refractivity contribution < 1.29 is 4.21 Å². The van der Waals surface area contributed by atoms with Gasteiger partial charge in [0.2, 0.25) is 0 Å². The fourth-order valence-corrected chi connectivity index (χ4v) is 4.11. The molecule has 76 valence electrons. The van der Waals surface area contributed by atoms with Crippen LogP contribution in [0.4, 0.5) is 0 Å². The lowest BCUT2D eigenvalue weighted by molar-refractivity contribution is 0.677. The van der Waals surface area contributed by atoms with E-state index in [-0.39, 0.29) is 0 Å². The third-order valence-electron chi connectivity index (χ3n) is 3.12. The van der Waals surface area contributed by atoms with Gasteiger partial charge in [0.15, 0.2) is 0 Å². The number of hydrogen-bond donors (Lipinski definition) is 0. The highest BCUT2D eigenvalue weighted by Gasteiger charge is 2.63. The molecule has 0 aliphatic heterocycles. The van der Waals surface area contributed by atoms with Gasteiger partial charge in [0.25, 0.3) is 0 Å². The van der Waals surface area contributed by atoms with Gasteiger partial charge in [-0.3, -0.25) is 4.21 Å². The smallest absolute Gasteiger partial charge is 0.130 e. The molecule has 1 aromatic rings. The Hall–Kier alpha value is -0.340. The summed E-state index contributed by atoms with van der Waals surface area (Å²) in [5.41, 5.74) is 0. The monoisotopic (exact) mass is 228 g/mol. The lowest BCUT2D eigenvalue weighted by Gasteiger charge is -2.08. The van der Waals surface area contributed by atoms with E-state index in [1.165, 1.54) is 0 Å². The van der Waals surface area contributed by atoms with Crippen LogP contribution in [0.1, 0.15) is 13.8 Å². The van der Waals surface area contributed by atoms with Crippen LogP contribution in [-0.4, -0.2) is 8.42 Å². The van der Waals surface area contributed by atoms with Crippen LogP contribution in [0.5, 0.6) is 0 Å². The second-order valence-electron chi connectivity index (χ2n) is 3.86. The Bertz CT molecular complexity index is 355. The topological polar surface area (TPSA) is 17.1 Å². The Morgan fingerprint density at radius 1 is 1.21 bits per heavy atom. The molecule has 0 saturated heterocycles. The van der Waals surface area contributed by atoms with E-state index in [4.69, 9.17) is 11.6 Å². The molecule has 1 nitrogen and oxygen atoms in total. The average molecular weight is 229 g/mol. The van der Waals surface area contributed by atoms with E-state index in [2.05, 4.69) is 13.8 Å². The van der Waals surface area contributed by atoms with Crippen molar-refractivity contribution in [1.82, 2.24) is 0 Å². The fraction of sp³-hybridized carbons (Fsp3) is 0.455. The van der Waals surface area contributed by atoms with Crippen LogP contribution in [0.25, 0.3) is 0 Å². The predicted molar refractivity (Wildman–Crippen MR) is 59.8 cm³/mol. The second kappa shape index (κ2) is 3.35. The maximum Gasteiger partial charge on any atom is 0.130 e. The third kappa shape index (κ3) is 1.32. The van der Waals surface area contributed by atoms with Crippen molar-refractivity contribution in [2.24, 2.45) is 11.8 Å². The molecule has 0 N–H and O–H groups in total. The molecule has 1 aliphatic carbocycles. The molecule has 0 amide bonds. The molecule has 2 rings (SSSR count). The summed E-state index contributed by atoms with van der Waals surface area (Å²) in [4.78, 5) is 0.832. The Morgan fingerprint density at radius 3 is 2.14 bits per heavy atom. The molecule has 3 unspecified atom stereocenters. The highest BCUT2D eigenvalue weighted by molar-refractivity contribution is 7.88. The van der Waals surface area contributed by atoms with Crippen LogP contribution in [0, 0.1) is 11.8 Å². The Morgan fingerprint density at radius 2 is 1.71 bits per heavy atom. The number of rotatable bonds is 2. The molecule has 3 heteroatoms. The zero-order valence-electron chi connectivity index (χ0n) is 8.24. The summed E-state index contributed by atoms with van der Waals surface area (Å²) >= 11 is 6.33. The SMILES string of the molecule is CC1C(C)C1(Cl)S(=O)c1ccccc1. The first kappa shape index (κ1) is 10.2. The van der Waals surface area contributed by atoms with E-state index in [1.54, 1.807) is 0 Å². The van der Waals surface area contributed by atoms with E-state index in [0.29, 0.717) is 11.8 Å². The molecule has 0 spiro atoms. The van der Waals surface area contributed by atoms with Crippen molar-refractivity contribution in [3.63, 3.8) is 0 Å². The highest BCUT2D eigenvalue weighted by Crippen LogP contribution is 2.58. The molecule has 0 bridgehead atoms. The van der Waals surface area contributed by atoms with E-state index in [0.717, 1.165) is 4.90 Å². The van der Waals surface area contributed by atoms with Gasteiger partial charge in [-0.25, -0.2) is 0 Å². The molecule has 1 fully saturated rings. The van der Waals surface area contributed by atoms with E-state index < -0.39 is 15.0 Å². The first-order valence-corrected chi connectivity index (χ1v) is 6.27. The number of halogens is 1. The summed E-state index contributed by atoms with van der Waals surface area (Å²) in [6, 6.07) is 9.45. The van der Waals surface area contributed by atoms with Gasteiger partial charge in [0, 0.05) is 4.90 Å². The van der Waals surface area contributed by atoms with Crippen molar-refractivity contribution in [3.8, 4) is 0 Å². The average Bonchev–Trinajstić information content (AvgIpc) is 2.71. The van der Waals surface area contributed by atoms with E-state index in [1.807, 2.05) is 30.3 Å². The first-order chi connectivity index (χ1) is 6.58. The van der Waals surface area contributed by atoms with Gasteiger partial charge in [-0.2, -0.15) is 0 Å². The van der Waals surface area contributed by atoms with Crippen molar-refractivity contribution in [2.45, 2.75) is 22.9 Å². The minimum absolute atomic E-state index is 0.338. The second-order valence-corrected chi connectivity index (χ2v) is 6.39. The molecule has 1 aliphatic rings. The molecule has 1 saturated carbocycles. The van der Waals surface area contributed by atoms with Crippen molar-refractivity contribution in [3.05, 3.63) is 30.3 Å². The first-order valence-electron chi connectivity index (χ1n) is 4.74. The highest BCUT2D eigenvalue weighted by atomic mass is 35.5. The maximum absolute atomic E-state index is 12.1. The minimum Gasteiger partial charge on any atom is -0.252 e. The van der Waals surface area contributed by atoms with Crippen LogP contribution in [-0.2, 0) is 10.8 Å². The summed E-state index contributed by atoms with van der Waals surface area (Å²) in [5.74, 6) is 0.676. The Balaban J connectivity index is 2.27. The van der Waals surface area contributed by atoms with Crippen LogP contribution in [0.3, 0.4) is 0 Å². The van der Waals surface area contributed by atoms with Crippen molar-refractivity contribution >= 4 is 22.4 Å². The summed E-state index contributed by atoms with van der Waals surface area (Å²) in [6.07, 6.45) is 0. The fourth-order valence-electron chi connectivity index (χ4n) is 1.75. The molecule has 0 aromatic heterocycles. The lowest BCUT2D eigenvalue weighted by atomic mass is 10.4. The van der Waals surface area contributed by atoms with Gasteiger partial charge in [-0.05, 0) is 24.0 Å². The van der Waals surface area contributed by atoms with Gasteiger partial charge in [0.05, 0.1) is 10.8 Å². The van der Waals surface area contributed by atoms with Crippen molar-refractivity contribution in [2.75, 3.05) is 0 Å². The molecule has 0 radical (unpaired) electrons. The summed E-state index contributed by atoms with van der Waals surface area (Å²) in [6.45, 7) is 4.11. The van der Waals surface area contributed by atoms with Gasteiger partial charge in [0.1, 0.15) is 4.21 Å². The zero-order valence-corrected chi connectivity index (χ0v) is 9.81. The quantitative estimate of drug-likeness (QED) is 0.712. The largest absolute Gasteiger partial charge is 0.252 e. The molecular weight excluding hydrogens is 216 g/mol. The Labute approximate surface area is 91.9 Å². The van der Waals surface area contributed by atoms with Gasteiger partial charge >= 0.3 is 0 Å². The van der Waals surface area contributed by atoms with Crippen LogP contribution in [0.2, 0.25) is 0 Å². The van der Waals surface area contributed by atoms with Gasteiger partial charge in [-0.1, -0.05) is 32.0 Å². The van der Waals surface area contributed by atoms with Crippen molar-refractivity contribution in [1.29, 1.82) is 0 Å². The number of alkyl halides is 1. The number of benzene rings is 1. The molecule has 0 heterocycles. The standard InChI is InChI=1S/C11H13ClOS/c1-8-9(2)11(8,12)14(13)10-6-4-3-5-7-10/h3-9H,1-2H3. The molecule has 1 aromatic carbocycles. The van der Waals surface area contributed by atoms with Gasteiger partial charge in [-0.15, -0.1) is 11.6 Å². The molecular formula is C11H13ClOS. The van der Waals surface area contributed by atoms with Crippen LogP contribution >= 0.6 is 11.6 Å². The lowest BCUT2D eigenvalue weighted by Crippen LogP contribution is -2.12. The van der Waals surface area contributed by atoms with Crippen LogP contribution in [0.15, 0.2) is 35.2 Å². The molecule has 3 atom stereocenters. The Kier molecular flexibility index (Phi) is 2.44. The summed E-state index contributed by atoms with van der Waals surface area (Å²) < 4.78 is 11.6. The van der Waals surface area contributed by atoms with Crippen LogP contribution < -0.4 is 0 Å². The van der Waals surface area contributed by atoms with Gasteiger partial charge < -0.3 is 0 Å². The summed E-state index contributed by atoms with van der Waals surface area (Å²) in [7, 11) is -1.08. The molecule has 14 heavy (non-hydrogen) atoms. The maximum atomic E-state index is 12.1. The normalized spacial score (nSPS) is 37.9. The number of hydrogen-bond acceptors (Lipinski definition) is 1.